The quantitative estimate of drug-likeness (QED) is 0.429. The molecule has 0 unspecified atom stereocenters. The SMILES string of the molecule is COC(=O)C1=C(C)N(Cc2cccnc2)C(=O)C1=Cc1cc(C)n(-c2ccc(F)cc2)c1C. The zero-order valence-electron chi connectivity index (χ0n) is 18.9. The van der Waals surface area contributed by atoms with Gasteiger partial charge in [0.15, 0.2) is 0 Å². The summed E-state index contributed by atoms with van der Waals surface area (Å²) in [5.41, 5.74) is 5.31. The Morgan fingerprint density at radius 2 is 1.88 bits per heavy atom. The lowest BCUT2D eigenvalue weighted by molar-refractivity contribution is -0.136. The Balaban J connectivity index is 1.78. The maximum atomic E-state index is 13.4. The van der Waals surface area contributed by atoms with Crippen molar-refractivity contribution in [2.24, 2.45) is 0 Å². The Labute approximate surface area is 191 Å². The van der Waals surface area contributed by atoms with E-state index in [-0.39, 0.29) is 22.9 Å². The second-order valence-electron chi connectivity index (χ2n) is 7.90. The van der Waals surface area contributed by atoms with E-state index < -0.39 is 5.97 Å². The highest BCUT2D eigenvalue weighted by Gasteiger charge is 2.37. The summed E-state index contributed by atoms with van der Waals surface area (Å²) < 4.78 is 20.4. The third kappa shape index (κ3) is 4.09. The number of carbonyl (C=O) groups is 2. The number of hydrogen-bond acceptors (Lipinski definition) is 4. The van der Waals surface area contributed by atoms with Crippen LogP contribution in [0.25, 0.3) is 11.8 Å². The highest BCUT2D eigenvalue weighted by atomic mass is 19.1. The van der Waals surface area contributed by atoms with Gasteiger partial charge in [-0.2, -0.15) is 0 Å². The summed E-state index contributed by atoms with van der Waals surface area (Å²) in [5, 5.41) is 0. The van der Waals surface area contributed by atoms with Crippen LogP contribution in [-0.4, -0.2) is 33.4 Å². The summed E-state index contributed by atoms with van der Waals surface area (Å²) in [6.07, 6.45) is 5.08. The minimum absolute atomic E-state index is 0.248. The summed E-state index contributed by atoms with van der Waals surface area (Å²) in [7, 11) is 1.30. The van der Waals surface area contributed by atoms with Gasteiger partial charge in [0.05, 0.1) is 24.8 Å². The molecule has 0 fully saturated rings. The first-order chi connectivity index (χ1) is 15.8. The first-order valence-electron chi connectivity index (χ1n) is 10.5. The monoisotopic (exact) mass is 445 g/mol. The van der Waals surface area contributed by atoms with Crippen LogP contribution in [0.4, 0.5) is 4.39 Å². The number of esters is 1. The number of benzene rings is 1. The molecule has 0 spiro atoms. The highest BCUT2D eigenvalue weighted by molar-refractivity contribution is 6.16. The lowest BCUT2D eigenvalue weighted by Gasteiger charge is -2.17. The normalized spacial score (nSPS) is 15.0. The lowest BCUT2D eigenvalue weighted by Crippen LogP contribution is -2.24. The van der Waals surface area contributed by atoms with Crippen LogP contribution in [0, 0.1) is 19.7 Å². The molecule has 3 aromatic rings. The van der Waals surface area contributed by atoms with Crippen molar-refractivity contribution in [2.45, 2.75) is 27.3 Å². The number of ether oxygens (including phenoxy) is 1. The van der Waals surface area contributed by atoms with Gasteiger partial charge >= 0.3 is 5.97 Å². The number of halogens is 1. The van der Waals surface area contributed by atoms with Crippen molar-refractivity contribution in [1.29, 1.82) is 0 Å². The molecule has 4 rings (SSSR count). The number of carbonyl (C=O) groups excluding carboxylic acids is 2. The average Bonchev–Trinajstić information content (AvgIpc) is 3.22. The van der Waals surface area contributed by atoms with Gasteiger partial charge in [-0.3, -0.25) is 9.78 Å². The van der Waals surface area contributed by atoms with E-state index >= 15 is 0 Å². The standard InChI is InChI=1S/C26H24FN3O3/c1-16-12-20(17(2)30(16)22-9-7-21(27)8-10-22)13-23-24(26(32)33-4)18(3)29(25(23)31)15-19-6-5-11-28-14-19/h5-14H,15H2,1-4H3. The molecule has 0 bridgehead atoms. The minimum atomic E-state index is -0.562. The van der Waals surface area contributed by atoms with Crippen LogP contribution < -0.4 is 0 Å². The third-order valence-corrected chi connectivity index (χ3v) is 5.82. The maximum absolute atomic E-state index is 13.4. The van der Waals surface area contributed by atoms with Crippen molar-refractivity contribution in [3.8, 4) is 5.69 Å². The predicted octanol–water partition coefficient (Wildman–Crippen LogP) is 4.50. The molecule has 0 saturated heterocycles. The van der Waals surface area contributed by atoms with Gasteiger partial charge in [0.1, 0.15) is 5.82 Å². The predicted molar refractivity (Wildman–Crippen MR) is 123 cm³/mol. The van der Waals surface area contributed by atoms with E-state index in [0.29, 0.717) is 12.2 Å². The van der Waals surface area contributed by atoms with Crippen LogP contribution in [0.15, 0.2) is 71.7 Å². The molecule has 0 aliphatic carbocycles. The summed E-state index contributed by atoms with van der Waals surface area (Å²) in [6, 6.07) is 11.8. The van der Waals surface area contributed by atoms with Crippen molar-refractivity contribution in [1.82, 2.24) is 14.5 Å². The molecule has 2 aromatic heterocycles. The van der Waals surface area contributed by atoms with Gasteiger partial charge in [-0.05, 0) is 74.4 Å². The Kier molecular flexibility index (Phi) is 5.96. The summed E-state index contributed by atoms with van der Waals surface area (Å²) in [6.45, 7) is 5.89. The zero-order chi connectivity index (χ0) is 23.7. The summed E-state index contributed by atoms with van der Waals surface area (Å²) >= 11 is 0. The number of hydrogen-bond donors (Lipinski definition) is 0. The fraction of sp³-hybridized carbons (Fsp3) is 0.192. The summed E-state index contributed by atoms with van der Waals surface area (Å²) in [4.78, 5) is 31.7. The first-order valence-corrected chi connectivity index (χ1v) is 10.5. The van der Waals surface area contributed by atoms with Crippen molar-refractivity contribution >= 4 is 18.0 Å². The van der Waals surface area contributed by atoms with E-state index in [1.54, 1.807) is 48.5 Å². The Hall–Kier alpha value is -4.00. The first kappa shape index (κ1) is 22.2. The van der Waals surface area contributed by atoms with Crippen molar-refractivity contribution < 1.29 is 18.7 Å². The van der Waals surface area contributed by atoms with Gasteiger partial charge in [-0.25, -0.2) is 9.18 Å². The number of allylic oxidation sites excluding steroid dienone is 1. The summed E-state index contributed by atoms with van der Waals surface area (Å²) in [5.74, 6) is -1.14. The van der Waals surface area contributed by atoms with Crippen LogP contribution in [0.5, 0.6) is 0 Å². The molecule has 0 atom stereocenters. The molecule has 0 N–H and O–H groups in total. The molecule has 6 nitrogen and oxygen atoms in total. The molecule has 1 amide bonds. The number of aryl methyl sites for hydroxylation is 1. The number of methoxy groups -OCH3 is 1. The molecular formula is C26H24FN3O3. The van der Waals surface area contributed by atoms with E-state index in [9.17, 15) is 14.0 Å². The topological polar surface area (TPSA) is 64.4 Å². The van der Waals surface area contributed by atoms with E-state index in [1.165, 1.54) is 19.2 Å². The second-order valence-corrected chi connectivity index (χ2v) is 7.90. The van der Waals surface area contributed by atoms with Gasteiger partial charge in [-0.15, -0.1) is 0 Å². The van der Waals surface area contributed by atoms with E-state index in [2.05, 4.69) is 4.98 Å². The average molecular weight is 445 g/mol. The molecule has 7 heteroatoms. The van der Waals surface area contributed by atoms with Gasteiger partial charge in [0, 0.05) is 35.2 Å². The van der Waals surface area contributed by atoms with Crippen molar-refractivity contribution in [3.05, 3.63) is 100 Å². The van der Waals surface area contributed by atoms with Crippen LogP contribution in [0.2, 0.25) is 0 Å². The highest BCUT2D eigenvalue weighted by Crippen LogP contribution is 2.34. The van der Waals surface area contributed by atoms with Crippen LogP contribution in [-0.2, 0) is 20.9 Å². The largest absolute Gasteiger partial charge is 0.465 e. The van der Waals surface area contributed by atoms with Crippen molar-refractivity contribution in [3.63, 3.8) is 0 Å². The molecule has 1 aliphatic heterocycles. The van der Waals surface area contributed by atoms with Crippen molar-refractivity contribution in [2.75, 3.05) is 7.11 Å². The fourth-order valence-corrected chi connectivity index (χ4v) is 4.17. The minimum Gasteiger partial charge on any atom is -0.465 e. The van der Waals surface area contributed by atoms with Gasteiger partial charge in [0.25, 0.3) is 5.91 Å². The van der Waals surface area contributed by atoms with Gasteiger partial charge < -0.3 is 14.2 Å². The van der Waals surface area contributed by atoms with Gasteiger partial charge in [-0.1, -0.05) is 6.07 Å². The Bertz CT molecular complexity index is 1290. The van der Waals surface area contributed by atoms with E-state index in [4.69, 9.17) is 4.74 Å². The maximum Gasteiger partial charge on any atom is 0.340 e. The molecule has 0 saturated carbocycles. The number of amides is 1. The molecular weight excluding hydrogens is 421 g/mol. The number of nitrogens with zero attached hydrogens (tertiary/aromatic N) is 3. The fourth-order valence-electron chi connectivity index (χ4n) is 4.17. The second kappa shape index (κ2) is 8.86. The lowest BCUT2D eigenvalue weighted by atomic mass is 10.0. The molecule has 168 valence electrons. The Morgan fingerprint density at radius 3 is 2.52 bits per heavy atom. The molecule has 0 radical (unpaired) electrons. The number of aromatic nitrogens is 2. The van der Waals surface area contributed by atoms with Crippen LogP contribution in [0.1, 0.15) is 29.4 Å². The Morgan fingerprint density at radius 1 is 1.15 bits per heavy atom. The molecule has 1 aliphatic rings. The van der Waals surface area contributed by atoms with Crippen LogP contribution >= 0.6 is 0 Å². The van der Waals surface area contributed by atoms with E-state index in [1.807, 2.05) is 30.5 Å². The molecule has 3 heterocycles. The third-order valence-electron chi connectivity index (χ3n) is 5.82. The van der Waals surface area contributed by atoms with Gasteiger partial charge in [0.2, 0.25) is 0 Å². The smallest absolute Gasteiger partial charge is 0.340 e. The molecule has 33 heavy (non-hydrogen) atoms. The van der Waals surface area contributed by atoms with Crippen LogP contribution in [0.3, 0.4) is 0 Å². The van der Waals surface area contributed by atoms with E-state index in [0.717, 1.165) is 28.2 Å². The zero-order valence-corrected chi connectivity index (χ0v) is 18.9. The number of pyridine rings is 1. The molecule has 1 aromatic carbocycles. The number of rotatable bonds is 5.